The summed E-state index contributed by atoms with van der Waals surface area (Å²) < 4.78 is 16.5. The number of aliphatic hydroxyl groups is 2. The Morgan fingerprint density at radius 2 is 1.27 bits per heavy atom. The highest BCUT2D eigenvalue weighted by Gasteiger charge is 2.37. The van der Waals surface area contributed by atoms with E-state index >= 15 is 0 Å². The fraction of sp³-hybridized carbons (Fsp3) is 0.500. The van der Waals surface area contributed by atoms with Gasteiger partial charge in [0.2, 0.25) is 0 Å². The van der Waals surface area contributed by atoms with Crippen LogP contribution in [0, 0.1) is 0 Å². The Bertz CT molecular complexity index is 731. The fourth-order valence-corrected chi connectivity index (χ4v) is 2.32. The fourth-order valence-electron chi connectivity index (χ4n) is 2.32. The number of aliphatic hydroxyl groups excluding tert-OH is 2. The van der Waals surface area contributed by atoms with Gasteiger partial charge in [-0.15, -0.1) is 0 Å². The van der Waals surface area contributed by atoms with Crippen molar-refractivity contribution in [1.29, 1.82) is 0 Å². The number of carbonyl (C=O) groups excluding carboxylic acids is 2. The van der Waals surface area contributed by atoms with Gasteiger partial charge in [-0.05, 0) is 13.8 Å². The van der Waals surface area contributed by atoms with Crippen LogP contribution < -0.4 is 18.6 Å². The molecule has 0 fully saturated rings. The third-order valence-corrected chi connectivity index (χ3v) is 3.88. The standard InChI is InChI=1S/C16H24N4O6/c1-5-19-9-7-17(3)15(19)25-13(23)11(21)12(22)14(24)26-16-18(4)8-10-20(16)6-2/h7-12,21-22H,5-6H2,1-4H3/q+2. The minimum absolute atomic E-state index is 0.170. The van der Waals surface area contributed by atoms with Crippen LogP contribution in [0.25, 0.3) is 0 Å². The first kappa shape index (κ1) is 19.6. The normalized spacial score (nSPS) is 13.3. The summed E-state index contributed by atoms with van der Waals surface area (Å²) in [7, 11) is 3.31. The quantitative estimate of drug-likeness (QED) is 0.441. The molecule has 2 aromatic rings. The van der Waals surface area contributed by atoms with Crippen molar-refractivity contribution in [3.8, 4) is 12.0 Å². The second-order valence-electron chi connectivity index (χ2n) is 5.69. The van der Waals surface area contributed by atoms with E-state index < -0.39 is 24.1 Å². The lowest BCUT2D eigenvalue weighted by Gasteiger charge is -2.14. The first-order valence-electron chi connectivity index (χ1n) is 8.19. The number of aryl methyl sites for hydroxylation is 4. The summed E-state index contributed by atoms with van der Waals surface area (Å²) in [5.74, 6) is -2.32. The SMILES string of the molecule is CCn1cc[n+](C)c1OC(=O)C(O)C(O)C(=O)Oc1n(CC)cc[n+]1C. The van der Waals surface area contributed by atoms with Crippen LogP contribution in [0.4, 0.5) is 0 Å². The van der Waals surface area contributed by atoms with Crippen molar-refractivity contribution in [1.82, 2.24) is 9.13 Å². The second kappa shape index (κ2) is 8.11. The number of esters is 2. The zero-order valence-corrected chi connectivity index (χ0v) is 15.2. The van der Waals surface area contributed by atoms with Crippen LogP contribution in [0.3, 0.4) is 0 Å². The lowest BCUT2D eigenvalue weighted by molar-refractivity contribution is -0.675. The van der Waals surface area contributed by atoms with Gasteiger partial charge in [0.05, 0.1) is 27.2 Å². The third-order valence-electron chi connectivity index (χ3n) is 3.88. The van der Waals surface area contributed by atoms with E-state index in [0.717, 1.165) is 0 Å². The summed E-state index contributed by atoms with van der Waals surface area (Å²) in [6, 6.07) is 0.340. The van der Waals surface area contributed by atoms with Crippen LogP contribution in [-0.2, 0) is 36.8 Å². The summed E-state index contributed by atoms with van der Waals surface area (Å²) in [6.07, 6.45) is 2.55. The molecule has 0 saturated heterocycles. The van der Waals surface area contributed by atoms with Gasteiger partial charge in [0.1, 0.15) is 24.8 Å². The van der Waals surface area contributed by atoms with E-state index in [2.05, 4.69) is 0 Å². The minimum atomic E-state index is -2.09. The highest BCUT2D eigenvalue weighted by atomic mass is 16.6. The highest BCUT2D eigenvalue weighted by Crippen LogP contribution is 2.10. The Hall–Kier alpha value is -2.72. The maximum atomic E-state index is 12.1. The molecule has 0 aromatic carbocycles. The monoisotopic (exact) mass is 368 g/mol. The number of rotatable bonds is 7. The Labute approximate surface area is 150 Å². The maximum absolute atomic E-state index is 12.1. The molecule has 10 nitrogen and oxygen atoms in total. The predicted molar refractivity (Wildman–Crippen MR) is 85.8 cm³/mol. The van der Waals surface area contributed by atoms with Gasteiger partial charge in [-0.3, -0.25) is 0 Å². The summed E-state index contributed by atoms with van der Waals surface area (Å²) in [6.45, 7) is 4.77. The molecule has 2 atom stereocenters. The molecule has 0 radical (unpaired) electrons. The summed E-state index contributed by atoms with van der Waals surface area (Å²) in [4.78, 5) is 24.2. The minimum Gasteiger partial charge on any atom is -0.379 e. The summed E-state index contributed by atoms with van der Waals surface area (Å²) >= 11 is 0. The first-order chi connectivity index (χ1) is 12.3. The van der Waals surface area contributed by atoms with Crippen LogP contribution in [0.15, 0.2) is 24.8 Å². The van der Waals surface area contributed by atoms with Gasteiger partial charge in [-0.25, -0.2) is 9.59 Å². The zero-order chi connectivity index (χ0) is 19.4. The molecule has 0 amide bonds. The maximum Gasteiger partial charge on any atom is 0.463 e. The van der Waals surface area contributed by atoms with Crippen molar-refractivity contribution < 1.29 is 38.4 Å². The number of aromatic nitrogens is 4. The molecule has 0 spiro atoms. The molecule has 2 unspecified atom stereocenters. The van der Waals surface area contributed by atoms with E-state index in [1.807, 2.05) is 13.8 Å². The van der Waals surface area contributed by atoms with Gasteiger partial charge >= 0.3 is 24.0 Å². The van der Waals surface area contributed by atoms with Crippen molar-refractivity contribution in [2.75, 3.05) is 0 Å². The molecule has 0 aliphatic heterocycles. The highest BCUT2D eigenvalue weighted by molar-refractivity contribution is 5.86. The number of carbonyl (C=O) groups is 2. The van der Waals surface area contributed by atoms with E-state index in [1.54, 1.807) is 48.0 Å². The average molecular weight is 368 g/mol. The Morgan fingerprint density at radius 1 is 0.923 bits per heavy atom. The topological polar surface area (TPSA) is 111 Å². The van der Waals surface area contributed by atoms with Gasteiger partial charge in [0.25, 0.3) is 0 Å². The molecular formula is C16H24N4O6+2. The van der Waals surface area contributed by atoms with Gasteiger partial charge in [0.15, 0.2) is 12.2 Å². The zero-order valence-electron chi connectivity index (χ0n) is 15.2. The Morgan fingerprint density at radius 3 is 1.58 bits per heavy atom. The van der Waals surface area contributed by atoms with Gasteiger partial charge < -0.3 is 19.7 Å². The van der Waals surface area contributed by atoms with Crippen molar-refractivity contribution in [2.24, 2.45) is 14.1 Å². The largest absolute Gasteiger partial charge is 0.463 e. The summed E-state index contributed by atoms with van der Waals surface area (Å²) in [5.41, 5.74) is 0. The van der Waals surface area contributed by atoms with Crippen LogP contribution in [0.5, 0.6) is 12.0 Å². The van der Waals surface area contributed by atoms with Gasteiger partial charge in [-0.2, -0.15) is 18.3 Å². The molecule has 2 heterocycles. The molecule has 26 heavy (non-hydrogen) atoms. The molecule has 2 rings (SSSR count). The first-order valence-corrected chi connectivity index (χ1v) is 8.19. The van der Waals surface area contributed by atoms with Crippen molar-refractivity contribution in [3.05, 3.63) is 24.8 Å². The molecule has 2 N–H and O–H groups in total. The molecular weight excluding hydrogens is 344 g/mol. The predicted octanol–water partition coefficient (Wildman–Crippen LogP) is -1.79. The van der Waals surface area contributed by atoms with Crippen molar-refractivity contribution >= 4 is 11.9 Å². The van der Waals surface area contributed by atoms with Gasteiger partial charge in [0, 0.05) is 0 Å². The second-order valence-corrected chi connectivity index (χ2v) is 5.69. The molecule has 2 aromatic heterocycles. The van der Waals surface area contributed by atoms with E-state index in [9.17, 15) is 19.8 Å². The Balaban J connectivity index is 2.06. The van der Waals surface area contributed by atoms with Crippen LogP contribution in [0.2, 0.25) is 0 Å². The van der Waals surface area contributed by atoms with Crippen molar-refractivity contribution in [2.45, 2.75) is 39.1 Å². The number of imidazole rings is 2. The number of ether oxygens (including phenoxy) is 2. The average Bonchev–Trinajstić information content (AvgIpc) is 3.16. The van der Waals surface area contributed by atoms with Crippen LogP contribution >= 0.6 is 0 Å². The number of hydrogen-bond donors (Lipinski definition) is 2. The molecule has 0 saturated carbocycles. The van der Waals surface area contributed by atoms with Crippen LogP contribution in [0.1, 0.15) is 13.8 Å². The lowest BCUT2D eigenvalue weighted by Crippen LogP contribution is -2.46. The van der Waals surface area contributed by atoms with E-state index in [4.69, 9.17) is 9.47 Å². The smallest absolute Gasteiger partial charge is 0.379 e. The third kappa shape index (κ3) is 3.92. The van der Waals surface area contributed by atoms with Crippen molar-refractivity contribution in [3.63, 3.8) is 0 Å². The number of hydrogen-bond acceptors (Lipinski definition) is 6. The Kier molecular flexibility index (Phi) is 6.11. The molecule has 0 aliphatic rings. The number of nitrogens with zero attached hydrogens (tertiary/aromatic N) is 4. The molecule has 0 bridgehead atoms. The lowest BCUT2D eigenvalue weighted by atomic mass is 10.2. The molecule has 0 aliphatic carbocycles. The summed E-state index contributed by atoms with van der Waals surface area (Å²) in [5, 5.41) is 20.0. The van der Waals surface area contributed by atoms with E-state index in [1.165, 1.54) is 9.13 Å². The van der Waals surface area contributed by atoms with E-state index in [-0.39, 0.29) is 12.0 Å². The molecule has 10 heteroatoms. The van der Waals surface area contributed by atoms with E-state index in [0.29, 0.717) is 13.1 Å². The van der Waals surface area contributed by atoms with Gasteiger partial charge in [-0.1, -0.05) is 0 Å². The van der Waals surface area contributed by atoms with Crippen LogP contribution in [-0.4, -0.2) is 43.5 Å². The molecule has 142 valence electrons.